The summed E-state index contributed by atoms with van der Waals surface area (Å²) in [4.78, 5) is 11.7. The van der Waals surface area contributed by atoms with Gasteiger partial charge in [0.15, 0.2) is 0 Å². The van der Waals surface area contributed by atoms with E-state index < -0.39 is 17.6 Å². The van der Waals surface area contributed by atoms with E-state index in [0.29, 0.717) is 0 Å². The number of hydrogen-bond donors (Lipinski definition) is 1. The van der Waals surface area contributed by atoms with Gasteiger partial charge in [0.2, 0.25) is 0 Å². The number of nitrogens with zero attached hydrogens (tertiary/aromatic N) is 1. The molecule has 2 aromatic rings. The number of halogens is 2. The van der Waals surface area contributed by atoms with Crippen molar-refractivity contribution in [1.29, 1.82) is 5.26 Å². The van der Waals surface area contributed by atoms with Crippen LogP contribution in [0.2, 0.25) is 0 Å². The smallest absolute Gasteiger partial charge is 0.341 e. The Balaban J connectivity index is 2.09. The van der Waals surface area contributed by atoms with Crippen molar-refractivity contribution in [3.63, 3.8) is 0 Å². The number of nitrogen functional groups attached to an aromatic ring is 1. The molecule has 0 amide bonds. The first-order valence-electron chi connectivity index (χ1n) is 5.92. The van der Waals surface area contributed by atoms with Gasteiger partial charge in [-0.25, -0.2) is 13.6 Å². The molecule has 21 heavy (non-hydrogen) atoms. The molecule has 4 nitrogen and oxygen atoms in total. The molecule has 0 unspecified atom stereocenters. The Labute approximate surface area is 119 Å². The lowest BCUT2D eigenvalue weighted by Crippen LogP contribution is -2.08. The van der Waals surface area contributed by atoms with Gasteiger partial charge >= 0.3 is 5.97 Å². The average molecular weight is 288 g/mol. The van der Waals surface area contributed by atoms with Crippen LogP contribution in [0.15, 0.2) is 36.4 Å². The fourth-order valence-electron chi connectivity index (χ4n) is 1.65. The average Bonchev–Trinajstić information content (AvgIpc) is 2.45. The zero-order valence-electron chi connectivity index (χ0n) is 10.8. The number of carbonyl (C=O) groups is 1. The summed E-state index contributed by atoms with van der Waals surface area (Å²) in [5.74, 6) is -2.39. The van der Waals surface area contributed by atoms with E-state index in [9.17, 15) is 13.6 Å². The van der Waals surface area contributed by atoms with Crippen LogP contribution in [0.25, 0.3) is 0 Å². The van der Waals surface area contributed by atoms with Gasteiger partial charge in [0.25, 0.3) is 0 Å². The quantitative estimate of drug-likeness (QED) is 0.696. The van der Waals surface area contributed by atoms with E-state index in [1.807, 2.05) is 0 Å². The van der Waals surface area contributed by atoms with E-state index in [1.165, 1.54) is 24.3 Å². The molecule has 0 radical (unpaired) electrons. The van der Waals surface area contributed by atoms with Crippen LogP contribution in [-0.2, 0) is 11.3 Å². The minimum atomic E-state index is -0.920. The first-order chi connectivity index (χ1) is 10.0. The van der Waals surface area contributed by atoms with Gasteiger partial charge in [-0.2, -0.15) is 5.26 Å². The third-order valence-electron chi connectivity index (χ3n) is 2.75. The van der Waals surface area contributed by atoms with Crippen LogP contribution in [0.1, 0.15) is 21.5 Å². The Hall–Kier alpha value is -2.94. The number of nitriles is 1. The van der Waals surface area contributed by atoms with Crippen LogP contribution < -0.4 is 5.73 Å². The highest BCUT2D eigenvalue weighted by Crippen LogP contribution is 2.15. The Bertz CT molecular complexity index is 739. The predicted octanol–water partition coefficient (Wildman–Crippen LogP) is 2.78. The SMILES string of the molecule is N#Cc1ccc(COC(=O)c2ccc(N)cc2F)c(F)c1. The van der Waals surface area contributed by atoms with Crippen molar-refractivity contribution in [2.75, 3.05) is 5.73 Å². The highest BCUT2D eigenvalue weighted by molar-refractivity contribution is 5.90. The van der Waals surface area contributed by atoms with Gasteiger partial charge in [-0.05, 0) is 30.3 Å². The number of anilines is 1. The fraction of sp³-hybridized carbons (Fsp3) is 0.0667. The van der Waals surface area contributed by atoms with Gasteiger partial charge in [-0.15, -0.1) is 0 Å². The summed E-state index contributed by atoms with van der Waals surface area (Å²) in [6.07, 6.45) is 0. The summed E-state index contributed by atoms with van der Waals surface area (Å²) in [5.41, 5.74) is 5.53. The number of esters is 1. The summed E-state index contributed by atoms with van der Waals surface area (Å²) in [6.45, 7) is -0.361. The number of carbonyl (C=O) groups excluding carboxylic acids is 1. The minimum Gasteiger partial charge on any atom is -0.457 e. The fourth-order valence-corrected chi connectivity index (χ4v) is 1.65. The van der Waals surface area contributed by atoms with Gasteiger partial charge in [-0.3, -0.25) is 0 Å². The molecule has 0 spiro atoms. The molecular formula is C15H10F2N2O2. The summed E-state index contributed by atoms with van der Waals surface area (Å²) in [5, 5.41) is 8.62. The number of benzene rings is 2. The van der Waals surface area contributed by atoms with Crippen molar-refractivity contribution < 1.29 is 18.3 Å². The van der Waals surface area contributed by atoms with Crippen LogP contribution in [0.3, 0.4) is 0 Å². The molecule has 0 saturated heterocycles. The van der Waals surface area contributed by atoms with E-state index in [1.54, 1.807) is 6.07 Å². The van der Waals surface area contributed by atoms with Crippen molar-refractivity contribution in [3.05, 3.63) is 64.7 Å². The molecule has 0 fully saturated rings. The first-order valence-corrected chi connectivity index (χ1v) is 5.92. The molecule has 0 saturated carbocycles. The van der Waals surface area contributed by atoms with Crippen molar-refractivity contribution in [1.82, 2.24) is 0 Å². The second-order valence-corrected chi connectivity index (χ2v) is 4.23. The lowest BCUT2D eigenvalue weighted by atomic mass is 10.1. The van der Waals surface area contributed by atoms with Crippen molar-refractivity contribution in [2.45, 2.75) is 6.61 Å². The maximum absolute atomic E-state index is 13.6. The molecule has 2 rings (SSSR count). The van der Waals surface area contributed by atoms with E-state index in [2.05, 4.69) is 0 Å². The summed E-state index contributed by atoms with van der Waals surface area (Å²) >= 11 is 0. The highest BCUT2D eigenvalue weighted by Gasteiger charge is 2.14. The van der Waals surface area contributed by atoms with Crippen LogP contribution in [0.4, 0.5) is 14.5 Å². The van der Waals surface area contributed by atoms with Gasteiger partial charge in [-0.1, -0.05) is 6.07 Å². The monoisotopic (exact) mass is 288 g/mol. The number of rotatable bonds is 3. The van der Waals surface area contributed by atoms with Crippen molar-refractivity contribution in [2.24, 2.45) is 0 Å². The van der Waals surface area contributed by atoms with Crippen LogP contribution in [-0.4, -0.2) is 5.97 Å². The van der Waals surface area contributed by atoms with Crippen molar-refractivity contribution >= 4 is 11.7 Å². The second-order valence-electron chi connectivity index (χ2n) is 4.23. The molecule has 106 valence electrons. The molecule has 2 N–H and O–H groups in total. The zero-order valence-corrected chi connectivity index (χ0v) is 10.8. The second kappa shape index (κ2) is 6.01. The lowest BCUT2D eigenvalue weighted by Gasteiger charge is -2.07. The minimum absolute atomic E-state index is 0.0956. The zero-order chi connectivity index (χ0) is 15.4. The van der Waals surface area contributed by atoms with E-state index >= 15 is 0 Å². The first kappa shape index (κ1) is 14.5. The number of ether oxygens (including phenoxy) is 1. The Kier molecular flexibility index (Phi) is 4.14. The maximum atomic E-state index is 13.6. The van der Waals surface area contributed by atoms with Crippen LogP contribution in [0.5, 0.6) is 0 Å². The van der Waals surface area contributed by atoms with E-state index in [-0.39, 0.29) is 29.0 Å². The summed E-state index contributed by atoms with van der Waals surface area (Å²) in [6, 6.07) is 9.12. The molecule has 0 aromatic heterocycles. The lowest BCUT2D eigenvalue weighted by molar-refractivity contribution is 0.0463. The summed E-state index contributed by atoms with van der Waals surface area (Å²) < 4.78 is 31.9. The molecule has 0 atom stereocenters. The normalized spacial score (nSPS) is 9.95. The third kappa shape index (κ3) is 3.34. The van der Waals surface area contributed by atoms with Crippen molar-refractivity contribution in [3.8, 4) is 6.07 Å². The molecule has 0 aliphatic carbocycles. The van der Waals surface area contributed by atoms with Gasteiger partial charge in [0, 0.05) is 11.3 Å². The van der Waals surface area contributed by atoms with Gasteiger partial charge in [0.05, 0.1) is 17.2 Å². The molecule has 0 heterocycles. The molecule has 2 aromatic carbocycles. The Morgan fingerprint density at radius 3 is 2.57 bits per heavy atom. The topological polar surface area (TPSA) is 76.1 Å². The van der Waals surface area contributed by atoms with Crippen LogP contribution >= 0.6 is 0 Å². The van der Waals surface area contributed by atoms with Crippen LogP contribution in [0, 0.1) is 23.0 Å². The largest absolute Gasteiger partial charge is 0.457 e. The standard InChI is InChI=1S/C15H10F2N2O2/c16-13-5-9(7-18)1-2-10(13)8-21-15(20)12-4-3-11(19)6-14(12)17/h1-6H,8,19H2. The van der Waals surface area contributed by atoms with E-state index in [4.69, 9.17) is 15.7 Å². The number of hydrogen-bond acceptors (Lipinski definition) is 4. The highest BCUT2D eigenvalue weighted by atomic mass is 19.1. The number of nitrogens with two attached hydrogens (primary N) is 1. The molecular weight excluding hydrogens is 278 g/mol. The molecule has 0 aliphatic heterocycles. The molecule has 6 heteroatoms. The Morgan fingerprint density at radius 1 is 1.19 bits per heavy atom. The van der Waals surface area contributed by atoms with E-state index in [0.717, 1.165) is 12.1 Å². The third-order valence-corrected chi connectivity index (χ3v) is 2.75. The Morgan fingerprint density at radius 2 is 1.95 bits per heavy atom. The summed E-state index contributed by atoms with van der Waals surface area (Å²) in [7, 11) is 0. The van der Waals surface area contributed by atoms with Gasteiger partial charge in [0.1, 0.15) is 18.2 Å². The maximum Gasteiger partial charge on any atom is 0.341 e. The molecule has 0 aliphatic rings. The molecule has 0 bridgehead atoms. The predicted molar refractivity (Wildman–Crippen MR) is 71.0 cm³/mol. The van der Waals surface area contributed by atoms with Gasteiger partial charge < -0.3 is 10.5 Å².